The van der Waals surface area contributed by atoms with E-state index in [9.17, 15) is 18.4 Å². The second kappa shape index (κ2) is 9.97. The van der Waals surface area contributed by atoms with Crippen LogP contribution in [0.15, 0.2) is 53.7 Å². The van der Waals surface area contributed by atoms with Crippen molar-refractivity contribution in [1.82, 2.24) is 25.4 Å². The van der Waals surface area contributed by atoms with Gasteiger partial charge in [0.25, 0.3) is 0 Å². The van der Waals surface area contributed by atoms with Gasteiger partial charge in [-0.15, -0.1) is 10.2 Å². The Balaban J connectivity index is 1.84. The minimum atomic E-state index is -0.561. The van der Waals surface area contributed by atoms with E-state index in [1.54, 1.807) is 28.8 Å². The number of nitrogens with zero attached hydrogens (tertiary/aromatic N) is 3. The van der Waals surface area contributed by atoms with Gasteiger partial charge in [0.1, 0.15) is 11.6 Å². The number of urea groups is 1. The van der Waals surface area contributed by atoms with Crippen LogP contribution in [0.1, 0.15) is 13.3 Å². The molecule has 0 fully saturated rings. The quantitative estimate of drug-likeness (QED) is 0.559. The maximum Gasteiger partial charge on any atom is 0.321 e. The topological polar surface area (TPSA) is 88.9 Å². The minimum Gasteiger partial charge on any atom is -0.338 e. The molecule has 2 aromatic carbocycles. The van der Waals surface area contributed by atoms with Crippen LogP contribution in [0.25, 0.3) is 17.1 Å². The fourth-order valence-electron chi connectivity index (χ4n) is 2.55. The van der Waals surface area contributed by atoms with Crippen molar-refractivity contribution in [3.63, 3.8) is 0 Å². The van der Waals surface area contributed by atoms with Gasteiger partial charge in [0.15, 0.2) is 11.0 Å². The van der Waals surface area contributed by atoms with Crippen LogP contribution in [0.2, 0.25) is 0 Å². The van der Waals surface area contributed by atoms with Crippen LogP contribution in [-0.4, -0.2) is 39.0 Å². The van der Waals surface area contributed by atoms with Crippen molar-refractivity contribution >= 4 is 23.7 Å². The standard InChI is InChI=1S/C20H19F2N5O2S/c1-2-11-23-19(29)24-17(28)12-30-20-26-25-18(13-3-5-14(21)6-4-13)27(20)16-9-7-15(22)8-10-16/h3-10H,2,11-12H2,1H3,(H2,23,24,28,29). The Morgan fingerprint density at radius 1 is 1.00 bits per heavy atom. The number of carbonyl (C=O) groups excluding carboxylic acids is 2. The molecule has 0 bridgehead atoms. The van der Waals surface area contributed by atoms with Crippen molar-refractivity contribution < 1.29 is 18.4 Å². The number of rotatable bonds is 7. The van der Waals surface area contributed by atoms with Crippen LogP contribution >= 0.6 is 11.8 Å². The molecule has 3 aromatic rings. The Morgan fingerprint density at radius 3 is 2.27 bits per heavy atom. The number of halogens is 2. The first kappa shape index (κ1) is 21.4. The maximum absolute atomic E-state index is 13.4. The van der Waals surface area contributed by atoms with Gasteiger partial charge >= 0.3 is 6.03 Å². The lowest BCUT2D eigenvalue weighted by atomic mass is 10.2. The highest BCUT2D eigenvalue weighted by molar-refractivity contribution is 7.99. The van der Waals surface area contributed by atoms with Crippen molar-refractivity contribution in [1.29, 1.82) is 0 Å². The van der Waals surface area contributed by atoms with Gasteiger partial charge in [0.2, 0.25) is 5.91 Å². The highest BCUT2D eigenvalue weighted by atomic mass is 32.2. The first-order valence-corrected chi connectivity index (χ1v) is 10.1. The number of nitrogens with one attached hydrogen (secondary N) is 2. The second-order valence-corrected chi connectivity index (χ2v) is 7.16. The molecule has 1 aromatic heterocycles. The zero-order valence-corrected chi connectivity index (χ0v) is 16.9. The summed E-state index contributed by atoms with van der Waals surface area (Å²) in [5.41, 5.74) is 1.17. The molecule has 0 unspecified atom stereocenters. The minimum absolute atomic E-state index is 0.0811. The summed E-state index contributed by atoms with van der Waals surface area (Å²) in [5, 5.41) is 13.4. The lowest BCUT2D eigenvalue weighted by molar-refractivity contribution is -0.117. The summed E-state index contributed by atoms with van der Waals surface area (Å²) in [5.74, 6) is -0.959. The Hall–Kier alpha value is -3.27. The first-order valence-electron chi connectivity index (χ1n) is 9.15. The van der Waals surface area contributed by atoms with E-state index in [0.717, 1.165) is 18.2 Å². The average molecular weight is 431 g/mol. The molecule has 0 saturated carbocycles. The summed E-state index contributed by atoms with van der Waals surface area (Å²) in [7, 11) is 0. The molecule has 0 aliphatic carbocycles. The van der Waals surface area contributed by atoms with Gasteiger partial charge in [-0.25, -0.2) is 13.6 Å². The van der Waals surface area contributed by atoms with Crippen molar-refractivity contribution in [3.8, 4) is 17.1 Å². The van der Waals surface area contributed by atoms with Gasteiger partial charge in [0, 0.05) is 17.8 Å². The summed E-state index contributed by atoms with van der Waals surface area (Å²) in [6, 6.07) is 10.8. The third-order valence-electron chi connectivity index (χ3n) is 3.94. The zero-order chi connectivity index (χ0) is 21.5. The highest BCUT2D eigenvalue weighted by Crippen LogP contribution is 2.28. The van der Waals surface area contributed by atoms with Crippen LogP contribution in [0.3, 0.4) is 0 Å². The molecular formula is C20H19F2N5O2S. The average Bonchev–Trinajstić information content (AvgIpc) is 3.16. The predicted molar refractivity (Wildman–Crippen MR) is 109 cm³/mol. The molecule has 0 aliphatic heterocycles. The van der Waals surface area contributed by atoms with Crippen LogP contribution in [0.5, 0.6) is 0 Å². The number of hydrogen-bond acceptors (Lipinski definition) is 5. The van der Waals surface area contributed by atoms with Crippen molar-refractivity contribution in [2.75, 3.05) is 12.3 Å². The monoisotopic (exact) mass is 431 g/mol. The third kappa shape index (κ3) is 5.41. The fourth-order valence-corrected chi connectivity index (χ4v) is 3.30. The van der Waals surface area contributed by atoms with Crippen LogP contribution in [0, 0.1) is 11.6 Å². The normalized spacial score (nSPS) is 10.6. The fraction of sp³-hybridized carbons (Fsp3) is 0.200. The van der Waals surface area contributed by atoms with Crippen LogP contribution in [-0.2, 0) is 4.79 Å². The van der Waals surface area contributed by atoms with Gasteiger partial charge in [-0.2, -0.15) is 0 Å². The third-order valence-corrected chi connectivity index (χ3v) is 4.87. The van der Waals surface area contributed by atoms with Gasteiger partial charge in [-0.05, 0) is 55.0 Å². The number of thioether (sulfide) groups is 1. The van der Waals surface area contributed by atoms with E-state index >= 15 is 0 Å². The molecule has 1 heterocycles. The number of benzene rings is 2. The molecule has 0 radical (unpaired) electrons. The Labute approximate surface area is 175 Å². The summed E-state index contributed by atoms with van der Waals surface area (Å²) >= 11 is 1.07. The smallest absolute Gasteiger partial charge is 0.321 e. The number of hydrogen-bond donors (Lipinski definition) is 2. The number of amides is 3. The Bertz CT molecular complexity index is 1020. The lowest BCUT2D eigenvalue weighted by Crippen LogP contribution is -2.40. The van der Waals surface area contributed by atoms with Gasteiger partial charge in [-0.1, -0.05) is 18.7 Å². The Kier molecular flexibility index (Phi) is 7.12. The molecule has 7 nitrogen and oxygen atoms in total. The molecule has 30 heavy (non-hydrogen) atoms. The van der Waals surface area contributed by atoms with E-state index in [2.05, 4.69) is 20.8 Å². The van der Waals surface area contributed by atoms with E-state index in [4.69, 9.17) is 0 Å². The summed E-state index contributed by atoms with van der Waals surface area (Å²) in [4.78, 5) is 23.7. The molecule has 0 spiro atoms. The summed E-state index contributed by atoms with van der Waals surface area (Å²) < 4.78 is 28.3. The lowest BCUT2D eigenvalue weighted by Gasteiger charge is -2.10. The van der Waals surface area contributed by atoms with E-state index in [1.807, 2.05) is 6.92 Å². The first-order chi connectivity index (χ1) is 14.5. The number of imide groups is 1. The van der Waals surface area contributed by atoms with Crippen molar-refractivity contribution in [3.05, 3.63) is 60.2 Å². The number of carbonyl (C=O) groups is 2. The zero-order valence-electron chi connectivity index (χ0n) is 16.1. The molecule has 2 N–H and O–H groups in total. The molecule has 0 saturated heterocycles. The molecule has 156 valence electrons. The molecule has 0 atom stereocenters. The molecule has 10 heteroatoms. The summed E-state index contributed by atoms with van der Waals surface area (Å²) in [6.07, 6.45) is 0.753. The van der Waals surface area contributed by atoms with Crippen molar-refractivity contribution in [2.24, 2.45) is 0 Å². The van der Waals surface area contributed by atoms with Crippen molar-refractivity contribution in [2.45, 2.75) is 18.5 Å². The second-order valence-electron chi connectivity index (χ2n) is 6.22. The molecule has 3 rings (SSSR count). The van der Waals surface area contributed by atoms with Gasteiger partial charge in [-0.3, -0.25) is 14.7 Å². The molecular weight excluding hydrogens is 412 g/mol. The van der Waals surface area contributed by atoms with Gasteiger partial charge in [0.05, 0.1) is 5.75 Å². The highest BCUT2D eigenvalue weighted by Gasteiger charge is 2.18. The largest absolute Gasteiger partial charge is 0.338 e. The molecule has 0 aliphatic rings. The van der Waals surface area contributed by atoms with E-state index < -0.39 is 17.8 Å². The Morgan fingerprint density at radius 2 is 1.63 bits per heavy atom. The molecule has 3 amide bonds. The van der Waals surface area contributed by atoms with E-state index in [0.29, 0.717) is 28.8 Å². The van der Waals surface area contributed by atoms with Gasteiger partial charge < -0.3 is 5.32 Å². The number of aromatic nitrogens is 3. The van der Waals surface area contributed by atoms with Crippen LogP contribution < -0.4 is 10.6 Å². The summed E-state index contributed by atoms with van der Waals surface area (Å²) in [6.45, 7) is 2.37. The van der Waals surface area contributed by atoms with E-state index in [1.165, 1.54) is 24.3 Å². The SMILES string of the molecule is CCCNC(=O)NC(=O)CSc1nnc(-c2ccc(F)cc2)n1-c1ccc(F)cc1. The van der Waals surface area contributed by atoms with Crippen LogP contribution in [0.4, 0.5) is 13.6 Å². The van der Waals surface area contributed by atoms with E-state index in [-0.39, 0.29) is 11.6 Å². The predicted octanol–water partition coefficient (Wildman–Crippen LogP) is 3.54. The maximum atomic E-state index is 13.4.